The van der Waals surface area contributed by atoms with Crippen molar-refractivity contribution in [3.63, 3.8) is 0 Å². The zero-order valence-electron chi connectivity index (χ0n) is 31.3. The van der Waals surface area contributed by atoms with Crippen molar-refractivity contribution in [2.75, 3.05) is 14.7 Å². The lowest BCUT2D eigenvalue weighted by Gasteiger charge is -2.43. The van der Waals surface area contributed by atoms with Gasteiger partial charge in [0.2, 0.25) is 0 Å². The van der Waals surface area contributed by atoms with Gasteiger partial charge in [0.15, 0.2) is 0 Å². The van der Waals surface area contributed by atoms with Crippen LogP contribution >= 0.6 is 11.3 Å². The minimum absolute atomic E-state index is 0.141. The molecule has 0 bridgehead atoms. The Kier molecular flexibility index (Phi) is 5.37. The van der Waals surface area contributed by atoms with E-state index in [4.69, 9.17) is 4.11 Å². The molecule has 0 unspecified atom stereocenters. The highest BCUT2D eigenvalue weighted by molar-refractivity contribution is 7.33. The minimum Gasteiger partial charge on any atom is -0.311 e. The summed E-state index contributed by atoms with van der Waals surface area (Å²) in [7, 11) is 0. The average molecular weight is 649 g/mol. The zero-order chi connectivity index (χ0) is 36.7. The Morgan fingerprint density at radius 2 is 1.16 bits per heavy atom. The van der Waals surface area contributed by atoms with Crippen LogP contribution in [0, 0.1) is 0 Å². The van der Waals surface area contributed by atoms with Crippen molar-refractivity contribution in [1.29, 1.82) is 0 Å². The summed E-state index contributed by atoms with van der Waals surface area (Å²) in [5, 5.41) is 0.971. The van der Waals surface area contributed by atoms with Gasteiger partial charge in [-0.25, -0.2) is 0 Å². The molecule has 3 nitrogen and oxygen atoms in total. The zero-order valence-corrected chi connectivity index (χ0v) is 27.1. The monoisotopic (exact) mass is 648 g/mol. The second-order valence-corrected chi connectivity index (χ2v) is 13.3. The maximum Gasteiger partial charge on any atom is 0.264 e. The lowest BCUT2D eigenvalue weighted by molar-refractivity contribution is 1.25. The summed E-state index contributed by atoms with van der Waals surface area (Å²) in [6.07, 6.45) is 0. The van der Waals surface area contributed by atoms with Crippen LogP contribution in [0.25, 0.3) is 10.1 Å². The molecule has 0 atom stereocenters. The first-order valence-electron chi connectivity index (χ1n) is 18.8. The summed E-state index contributed by atoms with van der Waals surface area (Å²) in [6, 6.07) is 50.6. The van der Waals surface area contributed by atoms with Crippen molar-refractivity contribution in [3.8, 4) is 0 Å². The minimum atomic E-state index is -0.410. The Bertz CT molecular complexity index is 2690. The first-order chi connectivity index (χ1) is 26.4. The van der Waals surface area contributed by atoms with E-state index in [0.29, 0.717) is 0 Å². The highest BCUT2D eigenvalue weighted by Crippen LogP contribution is 2.48. The molecule has 1 aromatic heterocycles. The number of hydrogen-bond donors (Lipinski definition) is 0. The molecule has 2 aliphatic rings. The molecule has 230 valence electrons. The highest BCUT2D eigenvalue weighted by Gasteiger charge is 2.45. The third-order valence-corrected chi connectivity index (χ3v) is 10.7. The Morgan fingerprint density at radius 1 is 0.531 bits per heavy atom. The van der Waals surface area contributed by atoms with E-state index in [1.165, 1.54) is 0 Å². The van der Waals surface area contributed by atoms with Gasteiger partial charge in [-0.1, -0.05) is 97.0 Å². The van der Waals surface area contributed by atoms with Gasteiger partial charge in [0.25, 0.3) is 6.71 Å². The van der Waals surface area contributed by atoms with E-state index in [1.807, 2.05) is 59.5 Å². The number of anilines is 9. The molecule has 8 aromatic rings. The van der Waals surface area contributed by atoms with E-state index >= 15 is 0 Å². The lowest BCUT2D eigenvalue weighted by Crippen LogP contribution is -2.60. The van der Waals surface area contributed by atoms with Gasteiger partial charge >= 0.3 is 0 Å². The molecule has 7 aromatic carbocycles. The fourth-order valence-electron chi connectivity index (χ4n) is 7.54. The van der Waals surface area contributed by atoms with Crippen molar-refractivity contribution in [3.05, 3.63) is 182 Å². The smallest absolute Gasteiger partial charge is 0.264 e. The second-order valence-electron chi connectivity index (χ2n) is 12.2. The van der Waals surface area contributed by atoms with Gasteiger partial charge in [-0.3, -0.25) is 0 Å². The van der Waals surface area contributed by atoms with Crippen molar-refractivity contribution in [2.24, 2.45) is 0 Å². The van der Waals surface area contributed by atoms with Gasteiger partial charge in [0.05, 0.1) is 12.5 Å². The van der Waals surface area contributed by atoms with E-state index in [1.54, 1.807) is 11.3 Å². The van der Waals surface area contributed by atoms with Gasteiger partial charge in [0, 0.05) is 60.4 Å². The fourth-order valence-corrected chi connectivity index (χ4v) is 8.86. The summed E-state index contributed by atoms with van der Waals surface area (Å²) in [5.74, 6) is 0. The number of fused-ring (bicyclic) bond motifs is 6. The molecule has 0 amide bonds. The Hall–Kier alpha value is -6.04. The highest BCUT2D eigenvalue weighted by atomic mass is 32.1. The largest absolute Gasteiger partial charge is 0.311 e. The molecular formula is C44H30BN3S. The van der Waals surface area contributed by atoms with Crippen molar-refractivity contribution >= 4 is 95.0 Å². The second kappa shape index (κ2) is 11.3. The predicted molar refractivity (Wildman–Crippen MR) is 211 cm³/mol. The maximum atomic E-state index is 9.18. The molecule has 0 aliphatic carbocycles. The van der Waals surface area contributed by atoms with Crippen molar-refractivity contribution in [1.82, 2.24) is 0 Å². The van der Waals surface area contributed by atoms with E-state index < -0.39 is 6.04 Å². The number of rotatable bonds is 5. The molecule has 3 heterocycles. The molecule has 0 saturated heterocycles. The summed E-state index contributed by atoms with van der Waals surface area (Å²) in [4.78, 5) is 6.51. The molecule has 2 aliphatic heterocycles. The number of hydrogen-bond acceptors (Lipinski definition) is 4. The van der Waals surface area contributed by atoms with E-state index in [-0.39, 0.29) is 36.6 Å². The average Bonchev–Trinajstić information content (AvgIpc) is 3.61. The molecule has 10 rings (SSSR count). The Morgan fingerprint density at radius 3 is 1.88 bits per heavy atom. The molecule has 5 heteroatoms. The van der Waals surface area contributed by atoms with Crippen LogP contribution in [-0.2, 0) is 0 Å². The third-order valence-electron chi connectivity index (χ3n) is 9.49. The quantitative estimate of drug-likeness (QED) is 0.172. The van der Waals surface area contributed by atoms with Gasteiger partial charge in [-0.05, 0) is 95.8 Å². The number of nitrogens with zero attached hydrogens (tertiary/aromatic N) is 3. The topological polar surface area (TPSA) is 9.72 Å². The van der Waals surface area contributed by atoms with E-state index in [9.17, 15) is 2.74 Å². The first-order valence-corrected chi connectivity index (χ1v) is 17.1. The molecule has 49 heavy (non-hydrogen) atoms. The normalized spacial score (nSPS) is 14.2. The molecule has 0 fully saturated rings. The van der Waals surface area contributed by atoms with Gasteiger partial charge in [-0.15, -0.1) is 11.3 Å². The summed E-state index contributed by atoms with van der Waals surface area (Å²) < 4.78 is 46.2. The van der Waals surface area contributed by atoms with Crippen molar-refractivity contribution < 1.29 is 6.85 Å². The molecule has 0 N–H and O–H groups in total. The number of benzene rings is 7. The molecular weight excluding hydrogens is 613 g/mol. The van der Waals surface area contributed by atoms with Crippen LogP contribution in [0.15, 0.2) is 182 Å². The van der Waals surface area contributed by atoms with Crippen LogP contribution in [0.2, 0.25) is 0 Å². The van der Waals surface area contributed by atoms with Crippen molar-refractivity contribution in [2.45, 2.75) is 0 Å². The lowest BCUT2D eigenvalue weighted by atomic mass is 9.36. The Labute approximate surface area is 297 Å². The van der Waals surface area contributed by atoms with Crippen LogP contribution in [0.1, 0.15) is 6.85 Å². The fraction of sp³-hybridized carbons (Fsp3) is 0. The number of para-hydroxylation sites is 4. The van der Waals surface area contributed by atoms with E-state index in [2.05, 4.69) is 107 Å². The standard InChI is InChI=1S/C44H30BN3S/c1-5-16-31(17-6-1)46(32-18-7-2-8-19-32)35-28-29-38-37(30-35)45-42-39(47(38)33-20-9-3-10-21-33)25-15-26-40(42)48(34-22-11-4-12-23-34)43-36-24-13-14-27-41(36)49-44(43)45/h1-30H/i4D,11D,12D,22D,23D. The van der Waals surface area contributed by atoms with Crippen LogP contribution in [-0.4, -0.2) is 6.71 Å². The summed E-state index contributed by atoms with van der Waals surface area (Å²) in [6.45, 7) is -0.215. The molecule has 0 spiro atoms. The summed E-state index contributed by atoms with van der Waals surface area (Å²) in [5.41, 5.74) is 10.0. The van der Waals surface area contributed by atoms with Crippen LogP contribution in [0.3, 0.4) is 0 Å². The molecule has 0 saturated carbocycles. The summed E-state index contributed by atoms with van der Waals surface area (Å²) >= 11 is 1.70. The van der Waals surface area contributed by atoms with E-state index in [0.717, 1.165) is 71.3 Å². The maximum absolute atomic E-state index is 9.18. The van der Waals surface area contributed by atoms with Gasteiger partial charge in [0.1, 0.15) is 0 Å². The number of thiophene rings is 1. The van der Waals surface area contributed by atoms with Crippen LogP contribution in [0.4, 0.5) is 51.2 Å². The first kappa shape index (κ1) is 23.3. The third kappa shape index (κ3) is 4.36. The van der Waals surface area contributed by atoms with Crippen LogP contribution < -0.4 is 30.4 Å². The molecule has 0 radical (unpaired) electrons. The predicted octanol–water partition coefficient (Wildman–Crippen LogP) is 10.5. The van der Waals surface area contributed by atoms with Crippen LogP contribution in [0.5, 0.6) is 0 Å². The SMILES string of the molecule is [2H]c1c([2H])c([2H])c(N2c3cccc4c3B(c3cc(N(c5ccccc5)c5ccccc5)ccc3N4c3ccccc3)c3sc4ccccc4c32)c([2H])c1[2H]. The van der Waals surface area contributed by atoms with Gasteiger partial charge < -0.3 is 14.7 Å². The van der Waals surface area contributed by atoms with Gasteiger partial charge in [-0.2, -0.15) is 0 Å². The Balaban J connectivity index is 1.31.